The van der Waals surface area contributed by atoms with Gasteiger partial charge in [-0.1, -0.05) is 0 Å². The lowest BCUT2D eigenvalue weighted by atomic mass is 9.66. The van der Waals surface area contributed by atoms with Gasteiger partial charge in [-0.3, -0.25) is 4.79 Å². The molecule has 4 aliphatic carbocycles. The monoisotopic (exact) mass is 193 g/mol. The Labute approximate surface area is 85.4 Å². The Morgan fingerprint density at radius 2 is 1.93 bits per heavy atom. The maximum atomic E-state index is 10.5. The van der Waals surface area contributed by atoms with E-state index >= 15 is 0 Å². The van der Waals surface area contributed by atoms with Gasteiger partial charge in [-0.2, -0.15) is 0 Å². The van der Waals surface area contributed by atoms with Crippen molar-refractivity contribution in [3.63, 3.8) is 0 Å². The fourth-order valence-electron chi connectivity index (χ4n) is 4.68. The molecule has 4 bridgehead atoms. The standard InChI is InChI=1S/C12H19NO/c1-8(13-7-14)12-4-9-2-10(5-12)11(3-9)6-12/h7-11H,2-6H2,1H3,(H,13,14). The molecule has 78 valence electrons. The van der Waals surface area contributed by atoms with Crippen molar-refractivity contribution >= 4 is 6.41 Å². The molecule has 0 aromatic carbocycles. The molecule has 4 aliphatic rings. The molecule has 4 fully saturated rings. The summed E-state index contributed by atoms with van der Waals surface area (Å²) in [6.07, 6.45) is 8.00. The molecule has 14 heavy (non-hydrogen) atoms. The average molecular weight is 193 g/mol. The van der Waals surface area contributed by atoms with Crippen LogP contribution in [0.1, 0.15) is 39.0 Å². The van der Waals surface area contributed by atoms with Crippen LogP contribution in [0.25, 0.3) is 0 Å². The lowest BCUT2D eigenvalue weighted by molar-refractivity contribution is -0.111. The third-order valence-corrected chi connectivity index (χ3v) is 5.21. The largest absolute Gasteiger partial charge is 0.356 e. The van der Waals surface area contributed by atoms with Crippen LogP contribution in [-0.4, -0.2) is 12.5 Å². The number of hydrogen-bond donors (Lipinski definition) is 1. The van der Waals surface area contributed by atoms with Crippen molar-refractivity contribution in [3.05, 3.63) is 0 Å². The summed E-state index contributed by atoms with van der Waals surface area (Å²) in [6, 6.07) is 0.399. The van der Waals surface area contributed by atoms with Gasteiger partial charge in [0.2, 0.25) is 6.41 Å². The van der Waals surface area contributed by atoms with Crippen molar-refractivity contribution < 1.29 is 4.79 Å². The Bertz CT molecular complexity index is 244. The van der Waals surface area contributed by atoms with Gasteiger partial charge in [-0.05, 0) is 62.2 Å². The first-order valence-electron chi connectivity index (χ1n) is 5.93. The SMILES string of the molecule is CC(NC=O)C12CC3CC(C1)C(C3)C2. The number of carbonyl (C=O) groups excluding carboxylic acids is 1. The number of carbonyl (C=O) groups is 1. The van der Waals surface area contributed by atoms with E-state index in [-0.39, 0.29) is 0 Å². The predicted molar refractivity (Wildman–Crippen MR) is 54.6 cm³/mol. The van der Waals surface area contributed by atoms with Crippen molar-refractivity contribution in [2.75, 3.05) is 0 Å². The summed E-state index contributed by atoms with van der Waals surface area (Å²) >= 11 is 0. The third kappa shape index (κ3) is 0.999. The molecule has 0 spiro atoms. The van der Waals surface area contributed by atoms with E-state index in [1.165, 1.54) is 32.1 Å². The maximum absolute atomic E-state index is 10.5. The van der Waals surface area contributed by atoms with Crippen LogP contribution in [-0.2, 0) is 4.79 Å². The molecular formula is C12H19NO. The van der Waals surface area contributed by atoms with Crippen LogP contribution in [0.2, 0.25) is 0 Å². The molecule has 2 heteroatoms. The summed E-state index contributed by atoms with van der Waals surface area (Å²) in [4.78, 5) is 10.5. The summed E-state index contributed by atoms with van der Waals surface area (Å²) in [5, 5.41) is 2.99. The maximum Gasteiger partial charge on any atom is 0.207 e. The summed E-state index contributed by atoms with van der Waals surface area (Å²) in [5.41, 5.74) is 0.484. The molecule has 0 saturated heterocycles. The zero-order valence-corrected chi connectivity index (χ0v) is 8.83. The molecule has 0 radical (unpaired) electrons. The van der Waals surface area contributed by atoms with E-state index in [2.05, 4.69) is 12.2 Å². The molecule has 4 rings (SSSR count). The van der Waals surface area contributed by atoms with Crippen LogP contribution in [0, 0.1) is 23.2 Å². The summed E-state index contributed by atoms with van der Waals surface area (Å²) < 4.78 is 0. The van der Waals surface area contributed by atoms with E-state index in [1.54, 1.807) is 0 Å². The first kappa shape index (κ1) is 8.75. The normalized spacial score (nSPS) is 50.8. The molecule has 1 amide bonds. The van der Waals surface area contributed by atoms with Gasteiger partial charge in [-0.15, -0.1) is 0 Å². The fraction of sp³-hybridized carbons (Fsp3) is 0.917. The molecule has 1 N–H and O–H groups in total. The Morgan fingerprint density at radius 1 is 1.29 bits per heavy atom. The minimum Gasteiger partial charge on any atom is -0.356 e. The zero-order chi connectivity index (χ0) is 9.76. The number of hydrogen-bond acceptors (Lipinski definition) is 1. The molecule has 0 heterocycles. The fourth-order valence-corrected chi connectivity index (χ4v) is 4.68. The second kappa shape index (κ2) is 2.74. The van der Waals surface area contributed by atoms with Gasteiger partial charge in [0.1, 0.15) is 0 Å². The molecule has 0 aliphatic heterocycles. The highest BCUT2D eigenvalue weighted by atomic mass is 16.1. The lowest BCUT2D eigenvalue weighted by Gasteiger charge is -2.42. The smallest absolute Gasteiger partial charge is 0.207 e. The van der Waals surface area contributed by atoms with E-state index in [0.717, 1.165) is 24.2 Å². The summed E-state index contributed by atoms with van der Waals surface area (Å²) in [6.45, 7) is 2.20. The quantitative estimate of drug-likeness (QED) is 0.682. The molecular weight excluding hydrogens is 174 g/mol. The Balaban J connectivity index is 1.82. The van der Waals surface area contributed by atoms with Gasteiger partial charge < -0.3 is 5.32 Å². The van der Waals surface area contributed by atoms with Crippen LogP contribution in [0.5, 0.6) is 0 Å². The van der Waals surface area contributed by atoms with Gasteiger partial charge in [0.15, 0.2) is 0 Å². The van der Waals surface area contributed by atoms with Gasteiger partial charge in [0, 0.05) is 6.04 Å². The van der Waals surface area contributed by atoms with Crippen LogP contribution < -0.4 is 5.32 Å². The van der Waals surface area contributed by atoms with Crippen molar-refractivity contribution in [2.24, 2.45) is 23.2 Å². The van der Waals surface area contributed by atoms with Crippen LogP contribution >= 0.6 is 0 Å². The summed E-state index contributed by atoms with van der Waals surface area (Å²) in [5.74, 6) is 3.00. The van der Waals surface area contributed by atoms with E-state index in [1.807, 2.05) is 0 Å². The minimum absolute atomic E-state index is 0.399. The van der Waals surface area contributed by atoms with Crippen LogP contribution in [0.3, 0.4) is 0 Å². The molecule has 2 nitrogen and oxygen atoms in total. The van der Waals surface area contributed by atoms with Gasteiger partial charge in [0.25, 0.3) is 0 Å². The predicted octanol–water partition coefficient (Wildman–Crippen LogP) is 1.95. The van der Waals surface area contributed by atoms with Gasteiger partial charge in [0.05, 0.1) is 0 Å². The second-order valence-electron chi connectivity index (χ2n) is 5.84. The van der Waals surface area contributed by atoms with Crippen molar-refractivity contribution in [1.82, 2.24) is 5.32 Å². The molecule has 0 aromatic rings. The topological polar surface area (TPSA) is 29.1 Å². The van der Waals surface area contributed by atoms with Crippen LogP contribution in [0.15, 0.2) is 0 Å². The molecule has 3 atom stereocenters. The lowest BCUT2D eigenvalue weighted by Crippen LogP contribution is -2.44. The number of nitrogens with one attached hydrogen (secondary N) is 1. The van der Waals surface area contributed by atoms with E-state index in [4.69, 9.17) is 0 Å². The molecule has 0 aromatic heterocycles. The molecule has 3 unspecified atom stereocenters. The molecule has 4 saturated carbocycles. The van der Waals surface area contributed by atoms with Gasteiger partial charge in [-0.25, -0.2) is 0 Å². The highest BCUT2D eigenvalue weighted by Crippen LogP contribution is 2.65. The van der Waals surface area contributed by atoms with Crippen molar-refractivity contribution in [2.45, 2.75) is 45.1 Å². The number of amides is 1. The first-order chi connectivity index (χ1) is 6.73. The van der Waals surface area contributed by atoms with E-state index in [0.29, 0.717) is 11.5 Å². The van der Waals surface area contributed by atoms with Crippen LogP contribution in [0.4, 0.5) is 0 Å². The third-order valence-electron chi connectivity index (χ3n) is 5.21. The van der Waals surface area contributed by atoms with Crippen molar-refractivity contribution in [1.29, 1.82) is 0 Å². The Hall–Kier alpha value is -0.530. The Morgan fingerprint density at radius 3 is 2.43 bits per heavy atom. The van der Waals surface area contributed by atoms with Gasteiger partial charge >= 0.3 is 0 Å². The Kier molecular flexibility index (Phi) is 1.71. The average Bonchev–Trinajstić information content (AvgIpc) is 2.55. The van der Waals surface area contributed by atoms with Crippen molar-refractivity contribution in [3.8, 4) is 0 Å². The zero-order valence-electron chi connectivity index (χ0n) is 8.83. The minimum atomic E-state index is 0.399. The van der Waals surface area contributed by atoms with E-state index in [9.17, 15) is 4.79 Å². The summed E-state index contributed by atoms with van der Waals surface area (Å²) in [7, 11) is 0. The number of rotatable bonds is 3. The highest BCUT2D eigenvalue weighted by Gasteiger charge is 2.57. The van der Waals surface area contributed by atoms with E-state index < -0.39 is 0 Å². The first-order valence-corrected chi connectivity index (χ1v) is 5.93. The second-order valence-corrected chi connectivity index (χ2v) is 5.84. The highest BCUT2D eigenvalue weighted by molar-refractivity contribution is 5.47.